The normalized spacial score (nSPS) is 17.6. The molecule has 0 atom stereocenters. The summed E-state index contributed by atoms with van der Waals surface area (Å²) in [6, 6.07) is 6.46. The number of sulfonamides is 1. The Bertz CT molecular complexity index is 805. The average molecular weight is 452 g/mol. The van der Waals surface area contributed by atoms with Crippen molar-refractivity contribution < 1.29 is 17.9 Å². The van der Waals surface area contributed by atoms with Crippen LogP contribution in [0.15, 0.2) is 29.2 Å². The first-order valence-electron chi connectivity index (χ1n) is 11.7. The van der Waals surface area contributed by atoms with Crippen LogP contribution >= 0.6 is 0 Å². The first-order chi connectivity index (χ1) is 15.0. The molecule has 31 heavy (non-hydrogen) atoms. The van der Waals surface area contributed by atoms with E-state index in [0.717, 1.165) is 71.4 Å². The van der Waals surface area contributed by atoms with Crippen LogP contribution in [0.5, 0.6) is 0 Å². The van der Waals surface area contributed by atoms with Gasteiger partial charge in [0.15, 0.2) is 0 Å². The first-order valence-corrected chi connectivity index (χ1v) is 13.2. The van der Waals surface area contributed by atoms with Gasteiger partial charge in [-0.05, 0) is 43.4 Å². The Labute approximate surface area is 187 Å². The molecule has 1 aliphatic carbocycles. The molecule has 1 saturated carbocycles. The van der Waals surface area contributed by atoms with Gasteiger partial charge in [-0.1, -0.05) is 32.3 Å². The van der Waals surface area contributed by atoms with E-state index in [0.29, 0.717) is 31.1 Å². The Morgan fingerprint density at radius 3 is 2.65 bits per heavy atom. The highest BCUT2D eigenvalue weighted by Gasteiger charge is 2.25. The summed E-state index contributed by atoms with van der Waals surface area (Å²) in [7, 11) is -3.59. The Kier molecular flexibility index (Phi) is 9.31. The van der Waals surface area contributed by atoms with Crippen molar-refractivity contribution in [3.05, 3.63) is 29.8 Å². The van der Waals surface area contributed by atoms with E-state index in [1.54, 1.807) is 18.2 Å². The SMILES string of the molecule is CCCCCCN(CCN1CCOCC1)C(=O)c1cccc(S(=O)(=O)NCC2CC2)c1. The minimum absolute atomic E-state index is 0.0935. The summed E-state index contributed by atoms with van der Waals surface area (Å²) in [6.07, 6.45) is 6.52. The molecule has 1 amide bonds. The first kappa shape index (κ1) is 24.2. The number of nitrogens with zero attached hydrogens (tertiary/aromatic N) is 2. The third-order valence-corrected chi connectivity index (χ3v) is 7.43. The number of nitrogens with one attached hydrogen (secondary N) is 1. The van der Waals surface area contributed by atoms with Gasteiger partial charge < -0.3 is 9.64 Å². The van der Waals surface area contributed by atoms with Gasteiger partial charge in [-0.25, -0.2) is 13.1 Å². The highest BCUT2D eigenvalue weighted by atomic mass is 32.2. The van der Waals surface area contributed by atoms with Crippen molar-refractivity contribution in [1.82, 2.24) is 14.5 Å². The number of amides is 1. The van der Waals surface area contributed by atoms with Crippen molar-refractivity contribution in [2.45, 2.75) is 50.3 Å². The second kappa shape index (κ2) is 11.9. The van der Waals surface area contributed by atoms with Gasteiger partial charge in [-0.2, -0.15) is 0 Å². The Balaban J connectivity index is 1.66. The van der Waals surface area contributed by atoms with Gasteiger partial charge >= 0.3 is 0 Å². The van der Waals surface area contributed by atoms with Gasteiger partial charge in [0.25, 0.3) is 5.91 Å². The van der Waals surface area contributed by atoms with Gasteiger partial charge in [-0.15, -0.1) is 0 Å². The van der Waals surface area contributed by atoms with Crippen molar-refractivity contribution >= 4 is 15.9 Å². The van der Waals surface area contributed by atoms with Crippen LogP contribution in [-0.4, -0.2) is 76.6 Å². The van der Waals surface area contributed by atoms with Crippen LogP contribution < -0.4 is 4.72 Å². The summed E-state index contributed by atoms with van der Waals surface area (Å²) in [4.78, 5) is 17.7. The molecule has 3 rings (SSSR count). The van der Waals surface area contributed by atoms with E-state index in [1.807, 2.05) is 4.90 Å². The number of morpholine rings is 1. The number of carbonyl (C=O) groups is 1. The fourth-order valence-corrected chi connectivity index (χ4v) is 4.90. The van der Waals surface area contributed by atoms with Crippen LogP contribution in [0.2, 0.25) is 0 Å². The predicted molar refractivity (Wildman–Crippen MR) is 122 cm³/mol. The average Bonchev–Trinajstić information content (AvgIpc) is 3.62. The standard InChI is InChI=1S/C23H37N3O4S/c1-2-3-4-5-11-26(13-12-25-14-16-30-17-15-25)23(27)21-7-6-8-22(18-21)31(28,29)24-19-20-9-10-20/h6-8,18,20,24H,2-5,9-17,19H2,1H3. The minimum atomic E-state index is -3.59. The number of hydrogen-bond acceptors (Lipinski definition) is 5. The van der Waals surface area contributed by atoms with Crippen molar-refractivity contribution in [3.8, 4) is 0 Å². The van der Waals surface area contributed by atoms with E-state index < -0.39 is 10.0 Å². The van der Waals surface area contributed by atoms with E-state index >= 15 is 0 Å². The number of unbranched alkanes of at least 4 members (excludes halogenated alkanes) is 3. The largest absolute Gasteiger partial charge is 0.379 e. The van der Waals surface area contributed by atoms with E-state index in [2.05, 4.69) is 16.5 Å². The lowest BCUT2D eigenvalue weighted by Gasteiger charge is -2.30. The van der Waals surface area contributed by atoms with Crippen LogP contribution in [0.25, 0.3) is 0 Å². The summed E-state index contributed by atoms with van der Waals surface area (Å²) >= 11 is 0. The van der Waals surface area contributed by atoms with Crippen molar-refractivity contribution in [2.24, 2.45) is 5.92 Å². The fourth-order valence-electron chi connectivity index (χ4n) is 3.74. The maximum absolute atomic E-state index is 13.3. The van der Waals surface area contributed by atoms with Crippen molar-refractivity contribution in [1.29, 1.82) is 0 Å². The lowest BCUT2D eigenvalue weighted by atomic mass is 10.1. The molecular formula is C23H37N3O4S. The highest BCUT2D eigenvalue weighted by Crippen LogP contribution is 2.28. The number of carbonyl (C=O) groups excluding carboxylic acids is 1. The van der Waals surface area contributed by atoms with Crippen molar-refractivity contribution in [3.63, 3.8) is 0 Å². The molecule has 1 aromatic carbocycles. The van der Waals surface area contributed by atoms with Gasteiger partial charge in [0.1, 0.15) is 0 Å². The van der Waals surface area contributed by atoms with E-state index in [9.17, 15) is 13.2 Å². The van der Waals surface area contributed by atoms with Crippen LogP contribution in [0, 0.1) is 5.92 Å². The summed E-state index contributed by atoms with van der Waals surface area (Å²) in [6.45, 7) is 8.03. The van der Waals surface area contributed by atoms with Crippen LogP contribution in [-0.2, 0) is 14.8 Å². The molecule has 0 radical (unpaired) electrons. The van der Waals surface area contributed by atoms with Crippen molar-refractivity contribution in [2.75, 3.05) is 52.5 Å². The molecule has 1 aliphatic heterocycles. The van der Waals surface area contributed by atoms with Gasteiger partial charge in [0.05, 0.1) is 18.1 Å². The van der Waals surface area contributed by atoms with Gasteiger partial charge in [-0.3, -0.25) is 9.69 Å². The molecule has 1 saturated heterocycles. The summed E-state index contributed by atoms with van der Waals surface area (Å²) in [5, 5.41) is 0. The number of hydrogen-bond donors (Lipinski definition) is 1. The second-order valence-electron chi connectivity index (χ2n) is 8.63. The lowest BCUT2D eigenvalue weighted by molar-refractivity contribution is 0.0324. The molecule has 1 aromatic rings. The van der Waals surface area contributed by atoms with E-state index in [-0.39, 0.29) is 10.8 Å². The monoisotopic (exact) mass is 451 g/mol. The lowest BCUT2D eigenvalue weighted by Crippen LogP contribution is -2.43. The second-order valence-corrected chi connectivity index (χ2v) is 10.4. The third kappa shape index (κ3) is 7.86. The zero-order valence-electron chi connectivity index (χ0n) is 18.7. The molecule has 0 unspecified atom stereocenters. The van der Waals surface area contributed by atoms with Gasteiger partial charge in [0.2, 0.25) is 10.0 Å². The smallest absolute Gasteiger partial charge is 0.253 e. The zero-order valence-corrected chi connectivity index (χ0v) is 19.5. The third-order valence-electron chi connectivity index (χ3n) is 6.01. The fraction of sp³-hybridized carbons (Fsp3) is 0.696. The number of rotatable bonds is 13. The van der Waals surface area contributed by atoms with Crippen LogP contribution in [0.1, 0.15) is 55.8 Å². The maximum atomic E-state index is 13.3. The zero-order chi connectivity index (χ0) is 22.1. The molecule has 174 valence electrons. The Hall–Kier alpha value is -1.48. The molecule has 0 aromatic heterocycles. The molecule has 7 nitrogen and oxygen atoms in total. The minimum Gasteiger partial charge on any atom is -0.379 e. The molecular weight excluding hydrogens is 414 g/mol. The molecule has 1 heterocycles. The number of benzene rings is 1. The Morgan fingerprint density at radius 1 is 1.16 bits per heavy atom. The predicted octanol–water partition coefficient (Wildman–Crippen LogP) is 2.73. The molecule has 0 spiro atoms. The molecule has 0 bridgehead atoms. The quantitative estimate of drug-likeness (QED) is 0.467. The summed E-state index contributed by atoms with van der Waals surface area (Å²) in [5.74, 6) is 0.363. The molecule has 8 heteroatoms. The molecule has 2 aliphatic rings. The van der Waals surface area contributed by atoms with Gasteiger partial charge in [0, 0.05) is 44.8 Å². The van der Waals surface area contributed by atoms with Crippen LogP contribution in [0.3, 0.4) is 0 Å². The van der Waals surface area contributed by atoms with E-state index in [4.69, 9.17) is 4.74 Å². The maximum Gasteiger partial charge on any atom is 0.253 e. The summed E-state index contributed by atoms with van der Waals surface area (Å²) < 4.78 is 33.4. The van der Waals surface area contributed by atoms with Crippen LogP contribution in [0.4, 0.5) is 0 Å². The number of ether oxygens (including phenoxy) is 1. The highest BCUT2D eigenvalue weighted by molar-refractivity contribution is 7.89. The molecule has 2 fully saturated rings. The summed E-state index contributed by atoms with van der Waals surface area (Å²) in [5.41, 5.74) is 0.437. The van der Waals surface area contributed by atoms with E-state index in [1.165, 1.54) is 6.07 Å². The Morgan fingerprint density at radius 2 is 1.94 bits per heavy atom. The topological polar surface area (TPSA) is 79.0 Å². The molecule has 1 N–H and O–H groups in total.